The molecule has 1 fully saturated rings. The molecule has 8 heteroatoms. The van der Waals surface area contributed by atoms with Crippen LogP contribution in [0.3, 0.4) is 0 Å². The number of aryl methyl sites for hydroxylation is 1. The van der Waals surface area contributed by atoms with Gasteiger partial charge in [-0.2, -0.15) is 0 Å². The van der Waals surface area contributed by atoms with Crippen molar-refractivity contribution in [2.75, 3.05) is 12.0 Å². The van der Waals surface area contributed by atoms with Crippen LogP contribution in [0.25, 0.3) is 11.8 Å². The maximum Gasteiger partial charge on any atom is 0.270 e. The number of aromatic nitrogens is 1. The summed E-state index contributed by atoms with van der Waals surface area (Å²) in [5.41, 5.74) is 4.13. The number of thiocarbonyl (C=S) groups is 1. The molecule has 3 aromatic rings. The molecular formula is C24H20BrN3O3S. The zero-order valence-electron chi connectivity index (χ0n) is 17.7. The number of halogens is 1. The first-order chi connectivity index (χ1) is 15.3. The van der Waals surface area contributed by atoms with Gasteiger partial charge in [-0.15, -0.1) is 0 Å². The van der Waals surface area contributed by atoms with Gasteiger partial charge in [-0.1, -0.05) is 28.1 Å². The molecule has 1 aliphatic rings. The van der Waals surface area contributed by atoms with Crippen LogP contribution in [-0.4, -0.2) is 28.6 Å². The average molecular weight is 510 g/mol. The Labute approximate surface area is 199 Å². The average Bonchev–Trinajstić information content (AvgIpc) is 3.05. The van der Waals surface area contributed by atoms with E-state index in [1.165, 1.54) is 12.0 Å². The fourth-order valence-corrected chi connectivity index (χ4v) is 4.31. The number of benzene rings is 2. The van der Waals surface area contributed by atoms with E-state index in [4.69, 9.17) is 17.0 Å². The SMILES string of the molecule is COc1ccccc1N1C(=O)/C(=C\c2cc(C)n(-c3ccc(Br)cc3)c2C)C(=O)NC1=S. The van der Waals surface area contributed by atoms with E-state index in [9.17, 15) is 9.59 Å². The van der Waals surface area contributed by atoms with E-state index in [1.807, 2.05) is 44.2 Å². The topological polar surface area (TPSA) is 63.6 Å². The minimum atomic E-state index is -0.528. The number of ether oxygens (including phenoxy) is 1. The summed E-state index contributed by atoms with van der Waals surface area (Å²) in [6, 6.07) is 16.9. The van der Waals surface area contributed by atoms with Crippen LogP contribution in [-0.2, 0) is 9.59 Å². The third-order valence-electron chi connectivity index (χ3n) is 5.28. The van der Waals surface area contributed by atoms with E-state index < -0.39 is 11.8 Å². The monoisotopic (exact) mass is 509 g/mol. The fourth-order valence-electron chi connectivity index (χ4n) is 3.77. The number of nitrogens with zero attached hydrogens (tertiary/aromatic N) is 2. The van der Waals surface area contributed by atoms with Crippen molar-refractivity contribution >= 4 is 56.8 Å². The lowest BCUT2D eigenvalue weighted by molar-refractivity contribution is -0.122. The van der Waals surface area contributed by atoms with Gasteiger partial charge in [0.1, 0.15) is 11.3 Å². The van der Waals surface area contributed by atoms with Gasteiger partial charge in [-0.05, 0) is 80.2 Å². The van der Waals surface area contributed by atoms with Crippen LogP contribution in [0.1, 0.15) is 17.0 Å². The number of nitrogens with one attached hydrogen (secondary N) is 1. The van der Waals surface area contributed by atoms with Crippen molar-refractivity contribution in [2.24, 2.45) is 0 Å². The summed E-state index contributed by atoms with van der Waals surface area (Å²) in [4.78, 5) is 27.4. The Morgan fingerprint density at radius 2 is 1.75 bits per heavy atom. The molecule has 0 aliphatic carbocycles. The van der Waals surface area contributed by atoms with Gasteiger partial charge in [0, 0.05) is 21.5 Å². The molecule has 1 aliphatic heterocycles. The van der Waals surface area contributed by atoms with Gasteiger partial charge in [-0.3, -0.25) is 14.9 Å². The van der Waals surface area contributed by atoms with Crippen LogP contribution in [0.2, 0.25) is 0 Å². The second-order valence-corrected chi connectivity index (χ2v) is 8.57. The van der Waals surface area contributed by atoms with Crippen LogP contribution >= 0.6 is 28.1 Å². The van der Waals surface area contributed by atoms with E-state index in [2.05, 4.69) is 25.8 Å². The minimum absolute atomic E-state index is 0.000521. The molecule has 0 unspecified atom stereocenters. The predicted molar refractivity (Wildman–Crippen MR) is 132 cm³/mol. The first-order valence-electron chi connectivity index (χ1n) is 9.81. The molecule has 6 nitrogen and oxygen atoms in total. The molecule has 1 saturated heterocycles. The maximum atomic E-state index is 13.4. The first kappa shape index (κ1) is 22.0. The highest BCUT2D eigenvalue weighted by atomic mass is 79.9. The number of anilines is 1. The molecule has 32 heavy (non-hydrogen) atoms. The molecule has 162 valence electrons. The molecule has 0 radical (unpaired) electrons. The summed E-state index contributed by atoms with van der Waals surface area (Å²) >= 11 is 8.75. The second kappa shape index (κ2) is 8.72. The Morgan fingerprint density at radius 3 is 2.44 bits per heavy atom. The van der Waals surface area contributed by atoms with Gasteiger partial charge in [0.25, 0.3) is 11.8 Å². The van der Waals surface area contributed by atoms with Gasteiger partial charge in [0.15, 0.2) is 5.11 Å². The van der Waals surface area contributed by atoms with Gasteiger partial charge in [0.05, 0.1) is 12.8 Å². The van der Waals surface area contributed by atoms with Crippen molar-refractivity contribution in [2.45, 2.75) is 13.8 Å². The van der Waals surface area contributed by atoms with E-state index in [0.29, 0.717) is 11.4 Å². The van der Waals surface area contributed by atoms with Crippen molar-refractivity contribution in [1.82, 2.24) is 9.88 Å². The highest BCUT2D eigenvalue weighted by Gasteiger charge is 2.36. The van der Waals surface area contributed by atoms with Gasteiger partial charge >= 0.3 is 0 Å². The number of rotatable bonds is 4. The molecule has 0 saturated carbocycles. The van der Waals surface area contributed by atoms with Crippen LogP contribution in [0.5, 0.6) is 5.75 Å². The zero-order valence-corrected chi connectivity index (χ0v) is 20.1. The fraction of sp³-hybridized carbons (Fsp3) is 0.125. The molecule has 1 N–H and O–H groups in total. The quantitative estimate of drug-likeness (QED) is 0.314. The van der Waals surface area contributed by atoms with Crippen LogP contribution in [0.4, 0.5) is 5.69 Å². The number of carbonyl (C=O) groups is 2. The van der Waals surface area contributed by atoms with Gasteiger partial charge in [0.2, 0.25) is 0 Å². The standard InChI is InChI=1S/C24H20BrN3O3S/c1-14-12-16(15(2)27(14)18-10-8-17(25)9-11-18)13-19-22(29)26-24(32)28(23(19)30)20-6-4-5-7-21(20)31-3/h4-13H,1-3H3,(H,26,29,32)/b19-13-. The highest BCUT2D eigenvalue weighted by molar-refractivity contribution is 9.10. The third-order valence-corrected chi connectivity index (χ3v) is 6.10. The van der Waals surface area contributed by atoms with Crippen LogP contribution < -0.4 is 15.0 Å². The molecule has 2 heterocycles. The third kappa shape index (κ3) is 3.87. The molecule has 0 spiro atoms. The summed E-state index contributed by atoms with van der Waals surface area (Å²) < 4.78 is 8.44. The summed E-state index contributed by atoms with van der Waals surface area (Å²) in [5.74, 6) is -0.552. The van der Waals surface area contributed by atoms with Crippen molar-refractivity contribution in [3.05, 3.63) is 81.6 Å². The minimum Gasteiger partial charge on any atom is -0.495 e. The largest absolute Gasteiger partial charge is 0.495 e. The lowest BCUT2D eigenvalue weighted by Gasteiger charge is -2.29. The summed E-state index contributed by atoms with van der Waals surface area (Å²) in [7, 11) is 1.52. The molecule has 4 rings (SSSR count). The molecule has 0 atom stereocenters. The maximum absolute atomic E-state index is 13.4. The number of para-hydroxylation sites is 2. The summed E-state index contributed by atoms with van der Waals surface area (Å²) in [6.45, 7) is 3.94. The normalized spacial score (nSPS) is 15.3. The Kier molecular flexibility index (Phi) is 5.99. The molecule has 0 bridgehead atoms. The predicted octanol–water partition coefficient (Wildman–Crippen LogP) is 4.70. The van der Waals surface area contributed by atoms with Crippen LogP contribution in [0.15, 0.2) is 64.6 Å². The van der Waals surface area contributed by atoms with Crippen molar-refractivity contribution in [3.63, 3.8) is 0 Å². The lowest BCUT2D eigenvalue weighted by atomic mass is 10.1. The Morgan fingerprint density at radius 1 is 1.06 bits per heavy atom. The molecular weight excluding hydrogens is 490 g/mol. The molecule has 2 amide bonds. The molecule has 1 aromatic heterocycles. The van der Waals surface area contributed by atoms with Gasteiger partial charge < -0.3 is 9.30 Å². The first-order valence-corrected chi connectivity index (χ1v) is 11.0. The summed E-state index contributed by atoms with van der Waals surface area (Å²) in [6.07, 6.45) is 1.61. The van der Waals surface area contributed by atoms with E-state index in [0.717, 1.165) is 27.1 Å². The Hall–Kier alpha value is -3.23. The number of methoxy groups -OCH3 is 1. The smallest absolute Gasteiger partial charge is 0.270 e. The van der Waals surface area contributed by atoms with Crippen molar-refractivity contribution in [3.8, 4) is 11.4 Å². The summed E-state index contributed by atoms with van der Waals surface area (Å²) in [5, 5.41) is 2.64. The van der Waals surface area contributed by atoms with E-state index >= 15 is 0 Å². The number of hydrogen-bond donors (Lipinski definition) is 1. The second-order valence-electron chi connectivity index (χ2n) is 7.27. The number of carbonyl (C=O) groups excluding carboxylic acids is 2. The Balaban J connectivity index is 1.77. The van der Waals surface area contributed by atoms with E-state index in [1.54, 1.807) is 30.3 Å². The van der Waals surface area contributed by atoms with Crippen LogP contribution in [0, 0.1) is 13.8 Å². The number of amides is 2. The van der Waals surface area contributed by atoms with Crippen molar-refractivity contribution in [1.29, 1.82) is 0 Å². The van der Waals surface area contributed by atoms with E-state index in [-0.39, 0.29) is 10.7 Å². The lowest BCUT2D eigenvalue weighted by Crippen LogP contribution is -2.54. The zero-order chi connectivity index (χ0) is 23.0. The molecule has 2 aromatic carbocycles. The Bertz CT molecular complexity index is 1280. The van der Waals surface area contributed by atoms with Gasteiger partial charge in [-0.25, -0.2) is 4.90 Å². The number of hydrogen-bond acceptors (Lipinski definition) is 4. The highest BCUT2D eigenvalue weighted by Crippen LogP contribution is 2.31. The van der Waals surface area contributed by atoms with Crippen molar-refractivity contribution < 1.29 is 14.3 Å².